The van der Waals surface area contributed by atoms with E-state index in [9.17, 15) is 0 Å². The Morgan fingerprint density at radius 3 is 2.48 bits per heavy atom. The Morgan fingerprint density at radius 2 is 1.95 bits per heavy atom. The fourth-order valence-electron chi connectivity index (χ4n) is 1.57. The predicted octanol–water partition coefficient (Wildman–Crippen LogP) is 2.04. The highest BCUT2D eigenvalue weighted by Gasteiger charge is 2.16. The van der Waals surface area contributed by atoms with Crippen molar-refractivity contribution in [2.75, 3.05) is 20.2 Å². The van der Waals surface area contributed by atoms with Crippen LogP contribution in [0.2, 0.25) is 0 Å². The zero-order valence-electron chi connectivity index (χ0n) is 13.2. The maximum atomic E-state index is 8.78. The summed E-state index contributed by atoms with van der Waals surface area (Å²) in [5, 5.41) is 15.2. The lowest BCUT2D eigenvalue weighted by molar-refractivity contribution is 0.0268. The summed E-state index contributed by atoms with van der Waals surface area (Å²) in [5.41, 5.74) is 1.48. The van der Waals surface area contributed by atoms with Gasteiger partial charge in [0.05, 0.1) is 23.8 Å². The molecule has 5 nitrogen and oxygen atoms in total. The number of nitriles is 1. The molecule has 0 atom stereocenters. The normalized spacial score (nSPS) is 11.9. The van der Waals surface area contributed by atoms with Gasteiger partial charge in [-0.25, -0.2) is 4.99 Å². The lowest BCUT2D eigenvalue weighted by Gasteiger charge is -2.24. The number of rotatable bonds is 6. The van der Waals surface area contributed by atoms with Crippen molar-refractivity contribution in [1.29, 1.82) is 5.26 Å². The Labute approximate surface area is 127 Å². The molecule has 21 heavy (non-hydrogen) atoms. The minimum atomic E-state index is -0.245. The second kappa shape index (κ2) is 8.28. The molecule has 0 aliphatic heterocycles. The zero-order chi connectivity index (χ0) is 15.7. The third-order valence-corrected chi connectivity index (χ3v) is 3.08. The van der Waals surface area contributed by atoms with Gasteiger partial charge in [0.1, 0.15) is 0 Å². The molecular formula is C16H24N4O. The first kappa shape index (κ1) is 17.0. The van der Waals surface area contributed by atoms with E-state index in [1.165, 1.54) is 0 Å². The second-order valence-corrected chi connectivity index (χ2v) is 5.32. The Balaban J connectivity index is 2.64. The molecule has 0 saturated heterocycles. The van der Waals surface area contributed by atoms with Gasteiger partial charge in [-0.05, 0) is 38.5 Å². The number of guanidine groups is 1. The fraction of sp³-hybridized carbons (Fsp3) is 0.500. The van der Waals surface area contributed by atoms with Crippen molar-refractivity contribution in [3.8, 4) is 6.07 Å². The number of methoxy groups -OCH3 is 1. The van der Waals surface area contributed by atoms with Gasteiger partial charge in [0.2, 0.25) is 0 Å². The summed E-state index contributed by atoms with van der Waals surface area (Å²) in [5.74, 6) is 0.756. The fourth-order valence-corrected chi connectivity index (χ4v) is 1.57. The number of nitrogens with one attached hydrogen (secondary N) is 2. The van der Waals surface area contributed by atoms with Crippen molar-refractivity contribution < 1.29 is 4.74 Å². The summed E-state index contributed by atoms with van der Waals surface area (Å²) in [6.45, 7) is 8.10. The summed E-state index contributed by atoms with van der Waals surface area (Å²) in [6.07, 6.45) is 0. The van der Waals surface area contributed by atoms with Crippen molar-refractivity contribution in [2.45, 2.75) is 32.9 Å². The first-order chi connectivity index (χ1) is 10.0. The molecular weight excluding hydrogens is 264 g/mol. The van der Waals surface area contributed by atoms with Crippen LogP contribution in [-0.2, 0) is 11.3 Å². The van der Waals surface area contributed by atoms with Gasteiger partial charge in [0.15, 0.2) is 5.96 Å². The van der Waals surface area contributed by atoms with E-state index in [4.69, 9.17) is 10.00 Å². The Kier molecular flexibility index (Phi) is 6.70. The van der Waals surface area contributed by atoms with Gasteiger partial charge in [0, 0.05) is 20.2 Å². The SMILES string of the molecule is CCNC(=NCc1ccc(C#N)cc1)NCC(C)(C)OC. The van der Waals surface area contributed by atoms with Crippen molar-refractivity contribution in [3.05, 3.63) is 35.4 Å². The quantitative estimate of drug-likeness (QED) is 0.621. The number of ether oxygens (including phenoxy) is 1. The number of nitrogens with zero attached hydrogens (tertiary/aromatic N) is 2. The summed E-state index contributed by atoms with van der Waals surface area (Å²) in [6, 6.07) is 9.56. The molecule has 0 heterocycles. The second-order valence-electron chi connectivity index (χ2n) is 5.32. The smallest absolute Gasteiger partial charge is 0.191 e. The average molecular weight is 288 g/mol. The monoisotopic (exact) mass is 288 g/mol. The molecule has 2 N–H and O–H groups in total. The molecule has 0 fully saturated rings. The molecule has 0 radical (unpaired) electrons. The van der Waals surface area contributed by atoms with Crippen LogP contribution in [0.15, 0.2) is 29.3 Å². The van der Waals surface area contributed by atoms with Gasteiger partial charge in [-0.2, -0.15) is 5.26 Å². The maximum Gasteiger partial charge on any atom is 0.191 e. The summed E-state index contributed by atoms with van der Waals surface area (Å²) in [4.78, 5) is 4.53. The minimum Gasteiger partial charge on any atom is -0.377 e. The summed E-state index contributed by atoms with van der Waals surface area (Å²) >= 11 is 0. The molecule has 0 saturated carbocycles. The number of benzene rings is 1. The highest BCUT2D eigenvalue weighted by Crippen LogP contribution is 2.06. The molecule has 1 rings (SSSR count). The van der Waals surface area contributed by atoms with Crippen molar-refractivity contribution in [1.82, 2.24) is 10.6 Å². The van der Waals surface area contributed by atoms with Crippen LogP contribution in [-0.4, -0.2) is 31.8 Å². The molecule has 5 heteroatoms. The van der Waals surface area contributed by atoms with E-state index in [0.29, 0.717) is 18.7 Å². The lowest BCUT2D eigenvalue weighted by Crippen LogP contribution is -2.45. The molecule has 1 aromatic carbocycles. The molecule has 1 aromatic rings. The number of hydrogen-bond donors (Lipinski definition) is 2. The molecule has 0 unspecified atom stereocenters. The van der Waals surface area contributed by atoms with Gasteiger partial charge in [-0.15, -0.1) is 0 Å². The van der Waals surface area contributed by atoms with E-state index < -0.39 is 0 Å². The zero-order valence-corrected chi connectivity index (χ0v) is 13.2. The topological polar surface area (TPSA) is 69.4 Å². The molecule has 114 valence electrons. The van der Waals surface area contributed by atoms with E-state index >= 15 is 0 Å². The Bertz CT molecular complexity index is 500. The molecule has 0 aliphatic carbocycles. The van der Waals surface area contributed by atoms with Gasteiger partial charge in [-0.1, -0.05) is 12.1 Å². The van der Waals surface area contributed by atoms with E-state index in [1.807, 2.05) is 32.9 Å². The van der Waals surface area contributed by atoms with Crippen molar-refractivity contribution in [2.24, 2.45) is 4.99 Å². The van der Waals surface area contributed by atoms with Crippen LogP contribution in [0.4, 0.5) is 0 Å². The molecule has 0 amide bonds. The van der Waals surface area contributed by atoms with Crippen LogP contribution in [0.3, 0.4) is 0 Å². The van der Waals surface area contributed by atoms with Crippen LogP contribution in [0, 0.1) is 11.3 Å². The third kappa shape index (κ3) is 6.28. The lowest BCUT2D eigenvalue weighted by atomic mass is 10.1. The van der Waals surface area contributed by atoms with Crippen molar-refractivity contribution in [3.63, 3.8) is 0 Å². The summed E-state index contributed by atoms with van der Waals surface area (Å²) < 4.78 is 5.38. The first-order valence-corrected chi connectivity index (χ1v) is 7.07. The van der Waals surface area contributed by atoms with Crippen LogP contribution >= 0.6 is 0 Å². The van der Waals surface area contributed by atoms with Crippen LogP contribution < -0.4 is 10.6 Å². The van der Waals surface area contributed by atoms with Crippen LogP contribution in [0.1, 0.15) is 31.9 Å². The highest BCUT2D eigenvalue weighted by molar-refractivity contribution is 5.79. The number of hydrogen-bond acceptors (Lipinski definition) is 3. The van der Waals surface area contributed by atoms with Gasteiger partial charge >= 0.3 is 0 Å². The van der Waals surface area contributed by atoms with E-state index in [1.54, 1.807) is 19.2 Å². The van der Waals surface area contributed by atoms with Crippen LogP contribution in [0.25, 0.3) is 0 Å². The van der Waals surface area contributed by atoms with E-state index in [2.05, 4.69) is 21.7 Å². The number of aliphatic imine (C=N–C) groups is 1. The van der Waals surface area contributed by atoms with E-state index in [0.717, 1.165) is 18.1 Å². The van der Waals surface area contributed by atoms with Crippen LogP contribution in [0.5, 0.6) is 0 Å². The molecule has 0 spiro atoms. The van der Waals surface area contributed by atoms with E-state index in [-0.39, 0.29) is 5.60 Å². The van der Waals surface area contributed by atoms with Gasteiger partial charge < -0.3 is 15.4 Å². The molecule has 0 aliphatic rings. The largest absolute Gasteiger partial charge is 0.377 e. The highest BCUT2D eigenvalue weighted by atomic mass is 16.5. The maximum absolute atomic E-state index is 8.78. The van der Waals surface area contributed by atoms with Crippen molar-refractivity contribution >= 4 is 5.96 Å². The molecule has 0 bridgehead atoms. The third-order valence-electron chi connectivity index (χ3n) is 3.08. The Hall–Kier alpha value is -2.06. The molecule has 0 aromatic heterocycles. The summed E-state index contributed by atoms with van der Waals surface area (Å²) in [7, 11) is 1.70. The Morgan fingerprint density at radius 1 is 1.29 bits per heavy atom. The van der Waals surface area contributed by atoms with Gasteiger partial charge in [-0.3, -0.25) is 0 Å². The standard InChI is InChI=1S/C16H24N4O/c1-5-18-15(20-12-16(2,3)21-4)19-11-14-8-6-13(10-17)7-9-14/h6-9H,5,11-12H2,1-4H3,(H2,18,19,20). The average Bonchev–Trinajstić information content (AvgIpc) is 2.50. The first-order valence-electron chi connectivity index (χ1n) is 7.07. The predicted molar refractivity (Wildman–Crippen MR) is 85.1 cm³/mol. The minimum absolute atomic E-state index is 0.245. The van der Waals surface area contributed by atoms with Gasteiger partial charge in [0.25, 0.3) is 0 Å².